The molecule has 0 N–H and O–H groups in total. The predicted molar refractivity (Wildman–Crippen MR) is 157 cm³/mol. The second-order valence-electron chi connectivity index (χ2n) is 9.11. The van der Waals surface area contributed by atoms with Crippen molar-refractivity contribution in [3.63, 3.8) is 0 Å². The first-order chi connectivity index (χ1) is 19.7. The number of benzene rings is 2. The highest BCUT2D eigenvalue weighted by Gasteiger charge is 2.24. The van der Waals surface area contributed by atoms with Crippen LogP contribution in [0.2, 0.25) is 0 Å². The van der Waals surface area contributed by atoms with E-state index in [1.807, 2.05) is 69.4 Å². The summed E-state index contributed by atoms with van der Waals surface area (Å²) in [7, 11) is 1.67. The number of piperazine rings is 1. The molecule has 0 spiro atoms. The minimum absolute atomic E-state index is 0.0202. The van der Waals surface area contributed by atoms with Crippen LogP contribution < -0.4 is 9.64 Å². The molecule has 0 radical (unpaired) electrons. The molecule has 0 saturated carbocycles. The van der Waals surface area contributed by atoms with Gasteiger partial charge in [-0.3, -0.25) is 14.3 Å². The monoisotopic (exact) mass is 569 g/mol. The minimum atomic E-state index is -0.0202. The average Bonchev–Trinajstić information content (AvgIpc) is 3.68. The summed E-state index contributed by atoms with van der Waals surface area (Å²) in [6.07, 6.45) is 3.53. The molecule has 4 heterocycles. The van der Waals surface area contributed by atoms with E-state index < -0.39 is 0 Å². The fourth-order valence-corrected chi connectivity index (χ4v) is 6.32. The van der Waals surface area contributed by atoms with Gasteiger partial charge < -0.3 is 14.5 Å². The highest BCUT2D eigenvalue weighted by atomic mass is 32.2. The van der Waals surface area contributed by atoms with Gasteiger partial charge in [-0.1, -0.05) is 30.0 Å². The molecule has 3 aromatic heterocycles. The standard InChI is InChI=1S/C29H27N7O2S2/c1-38-24-11-9-22(10-12-24)34-14-16-35(17-15-34)28(37)25-19-39-26(31-25)20-40-29-33-32-27(21-6-5-13-30-18-21)36(29)23-7-3-2-4-8-23/h2-13,18-19H,14-17,20H2,1H3. The lowest BCUT2D eigenvalue weighted by Crippen LogP contribution is -2.48. The van der Waals surface area contributed by atoms with Crippen molar-refractivity contribution in [1.82, 2.24) is 29.6 Å². The third-order valence-corrected chi connectivity index (χ3v) is 8.64. The zero-order chi connectivity index (χ0) is 27.3. The summed E-state index contributed by atoms with van der Waals surface area (Å²) in [6, 6.07) is 21.9. The number of thiazole rings is 1. The number of nitrogens with zero attached hydrogens (tertiary/aromatic N) is 7. The van der Waals surface area contributed by atoms with E-state index in [9.17, 15) is 4.79 Å². The van der Waals surface area contributed by atoms with Crippen LogP contribution in [0.1, 0.15) is 15.5 Å². The van der Waals surface area contributed by atoms with Crippen LogP contribution in [0.5, 0.6) is 5.75 Å². The van der Waals surface area contributed by atoms with Gasteiger partial charge in [-0.25, -0.2) is 4.98 Å². The molecule has 1 fully saturated rings. The Bertz CT molecular complexity index is 1570. The van der Waals surface area contributed by atoms with Crippen molar-refractivity contribution in [3.8, 4) is 22.8 Å². The second kappa shape index (κ2) is 11.9. The van der Waals surface area contributed by atoms with E-state index in [4.69, 9.17) is 4.74 Å². The van der Waals surface area contributed by atoms with Crippen molar-refractivity contribution in [1.29, 1.82) is 0 Å². The fourth-order valence-electron chi connectivity index (χ4n) is 4.58. The number of carbonyl (C=O) groups excluding carboxylic acids is 1. The number of methoxy groups -OCH3 is 1. The van der Waals surface area contributed by atoms with Crippen molar-refractivity contribution in [2.24, 2.45) is 0 Å². The van der Waals surface area contributed by atoms with E-state index >= 15 is 0 Å². The summed E-state index contributed by atoms with van der Waals surface area (Å²) in [5, 5.41) is 12.4. The lowest BCUT2D eigenvalue weighted by molar-refractivity contribution is 0.0741. The molecule has 1 saturated heterocycles. The van der Waals surface area contributed by atoms with Gasteiger partial charge in [0.05, 0.1) is 12.9 Å². The number of carbonyl (C=O) groups is 1. The molecule has 11 heteroatoms. The van der Waals surface area contributed by atoms with Gasteiger partial charge in [0.1, 0.15) is 16.5 Å². The van der Waals surface area contributed by atoms with E-state index in [1.165, 1.54) is 11.3 Å². The summed E-state index contributed by atoms with van der Waals surface area (Å²) >= 11 is 3.05. The lowest BCUT2D eigenvalue weighted by atomic mass is 10.2. The first kappa shape index (κ1) is 26.0. The van der Waals surface area contributed by atoms with Crippen molar-refractivity contribution >= 4 is 34.7 Å². The minimum Gasteiger partial charge on any atom is -0.497 e. The second-order valence-corrected chi connectivity index (χ2v) is 11.0. The van der Waals surface area contributed by atoms with Crippen molar-refractivity contribution in [2.75, 3.05) is 38.2 Å². The zero-order valence-electron chi connectivity index (χ0n) is 21.9. The fraction of sp³-hybridized carbons (Fsp3) is 0.207. The largest absolute Gasteiger partial charge is 0.497 e. The number of pyridine rings is 1. The van der Waals surface area contributed by atoms with Crippen LogP contribution >= 0.6 is 23.1 Å². The van der Waals surface area contributed by atoms with Gasteiger partial charge in [-0.15, -0.1) is 21.5 Å². The summed E-state index contributed by atoms with van der Waals surface area (Å²) in [5.41, 5.74) is 3.49. The van der Waals surface area contributed by atoms with Crippen LogP contribution in [-0.4, -0.2) is 68.8 Å². The lowest BCUT2D eigenvalue weighted by Gasteiger charge is -2.35. The molecular formula is C29H27N7O2S2. The summed E-state index contributed by atoms with van der Waals surface area (Å²) in [5.74, 6) is 2.13. The van der Waals surface area contributed by atoms with Crippen LogP contribution in [0.25, 0.3) is 17.1 Å². The van der Waals surface area contributed by atoms with Crippen molar-refractivity contribution in [2.45, 2.75) is 10.9 Å². The predicted octanol–water partition coefficient (Wildman–Crippen LogP) is 5.05. The molecular weight excluding hydrogens is 543 g/mol. The summed E-state index contributed by atoms with van der Waals surface area (Å²) < 4.78 is 7.29. The van der Waals surface area contributed by atoms with E-state index in [0.717, 1.165) is 51.8 Å². The Morgan fingerprint density at radius 3 is 2.48 bits per heavy atom. The van der Waals surface area contributed by atoms with E-state index in [2.05, 4.69) is 37.2 Å². The van der Waals surface area contributed by atoms with Crippen molar-refractivity contribution in [3.05, 3.63) is 95.2 Å². The summed E-state index contributed by atoms with van der Waals surface area (Å²) in [4.78, 5) is 26.3. The molecule has 0 bridgehead atoms. The number of anilines is 1. The molecule has 1 aliphatic heterocycles. The van der Waals surface area contributed by atoms with Gasteiger partial charge in [0.2, 0.25) is 0 Å². The SMILES string of the molecule is COc1ccc(N2CCN(C(=O)c3csc(CSc4nnc(-c5cccnc5)n4-c4ccccc4)n3)CC2)cc1. The zero-order valence-corrected chi connectivity index (χ0v) is 23.5. The third-order valence-electron chi connectivity index (χ3n) is 6.67. The molecule has 5 aromatic rings. The molecule has 0 unspecified atom stereocenters. The Morgan fingerprint density at radius 2 is 1.75 bits per heavy atom. The van der Waals surface area contributed by atoms with Crippen molar-refractivity contribution < 1.29 is 9.53 Å². The first-order valence-electron chi connectivity index (χ1n) is 12.9. The highest BCUT2D eigenvalue weighted by molar-refractivity contribution is 7.98. The van der Waals surface area contributed by atoms with Crippen LogP contribution in [-0.2, 0) is 5.75 Å². The topological polar surface area (TPSA) is 89.3 Å². The number of para-hydroxylation sites is 1. The van der Waals surface area contributed by atoms with E-state index in [0.29, 0.717) is 24.5 Å². The van der Waals surface area contributed by atoms with Gasteiger partial charge in [0, 0.05) is 60.9 Å². The van der Waals surface area contributed by atoms with E-state index in [1.54, 1.807) is 31.3 Å². The smallest absolute Gasteiger partial charge is 0.273 e. The maximum absolute atomic E-state index is 13.2. The highest BCUT2D eigenvalue weighted by Crippen LogP contribution is 2.30. The Labute approximate surface area is 240 Å². The number of thioether (sulfide) groups is 1. The van der Waals surface area contributed by atoms with E-state index in [-0.39, 0.29) is 5.91 Å². The van der Waals surface area contributed by atoms with Gasteiger partial charge in [0.15, 0.2) is 11.0 Å². The molecule has 2 aromatic carbocycles. The third kappa shape index (κ3) is 5.56. The Balaban J connectivity index is 1.11. The maximum atomic E-state index is 13.2. The Kier molecular flexibility index (Phi) is 7.73. The van der Waals surface area contributed by atoms with Crippen LogP contribution in [0.4, 0.5) is 5.69 Å². The molecule has 6 rings (SSSR count). The maximum Gasteiger partial charge on any atom is 0.273 e. The quantitative estimate of drug-likeness (QED) is 0.240. The Morgan fingerprint density at radius 1 is 0.950 bits per heavy atom. The molecule has 202 valence electrons. The normalized spacial score (nSPS) is 13.4. The van der Waals surface area contributed by atoms with Crippen LogP contribution in [0.3, 0.4) is 0 Å². The average molecular weight is 570 g/mol. The molecule has 0 atom stereocenters. The molecule has 0 aliphatic carbocycles. The number of rotatable bonds is 8. The summed E-state index contributed by atoms with van der Waals surface area (Å²) in [6.45, 7) is 2.87. The van der Waals surface area contributed by atoms with Gasteiger partial charge in [-0.2, -0.15) is 0 Å². The molecule has 1 amide bonds. The number of amides is 1. The van der Waals surface area contributed by atoms with Gasteiger partial charge >= 0.3 is 0 Å². The molecule has 1 aliphatic rings. The number of hydrogen-bond donors (Lipinski definition) is 0. The number of hydrogen-bond acceptors (Lipinski definition) is 9. The van der Waals surface area contributed by atoms with Gasteiger partial charge in [0.25, 0.3) is 5.91 Å². The van der Waals surface area contributed by atoms with Gasteiger partial charge in [-0.05, 0) is 48.5 Å². The number of aromatic nitrogens is 5. The molecule has 40 heavy (non-hydrogen) atoms. The van der Waals surface area contributed by atoms with Crippen LogP contribution in [0.15, 0.2) is 89.7 Å². The first-order valence-corrected chi connectivity index (χ1v) is 14.7. The molecule has 9 nitrogen and oxygen atoms in total. The Hall–Kier alpha value is -4.22. The van der Waals surface area contributed by atoms with Crippen LogP contribution in [0, 0.1) is 0 Å². The number of ether oxygens (including phenoxy) is 1.